The van der Waals surface area contributed by atoms with Crippen LogP contribution in [0.4, 0.5) is 26.5 Å². The number of carbonyl (C=O) groups excluding carboxylic acids is 1. The number of nitrogens with one attached hydrogen (secondary N) is 1. The van der Waals surface area contributed by atoms with E-state index in [-0.39, 0.29) is 17.6 Å². The summed E-state index contributed by atoms with van der Waals surface area (Å²) >= 11 is 0. The Labute approximate surface area is 171 Å². The first-order valence-corrected chi connectivity index (χ1v) is 9.46. The highest BCUT2D eigenvalue weighted by Gasteiger charge is 2.40. The molecule has 1 N–H and O–H groups in total. The largest absolute Gasteiger partial charge is 0.366 e. The van der Waals surface area contributed by atoms with E-state index in [0.717, 1.165) is 25.2 Å². The number of nitrogens with zero attached hydrogens (tertiary/aromatic N) is 6. The van der Waals surface area contributed by atoms with E-state index in [2.05, 4.69) is 20.2 Å². The molecule has 0 radical (unpaired) electrons. The molecule has 4 heterocycles. The van der Waals surface area contributed by atoms with E-state index in [1.54, 1.807) is 11.0 Å². The Bertz CT molecular complexity index is 1180. The molecule has 9 heteroatoms. The van der Waals surface area contributed by atoms with Gasteiger partial charge >= 0.3 is 6.03 Å². The lowest BCUT2D eigenvalue weighted by atomic mass is 10.1. The minimum atomic E-state index is -0.576. The predicted octanol–water partition coefficient (Wildman–Crippen LogP) is 3.18. The van der Waals surface area contributed by atoms with Crippen molar-refractivity contribution in [1.82, 2.24) is 15.0 Å². The third-order valence-electron chi connectivity index (χ3n) is 5.35. The second-order valence-electron chi connectivity index (χ2n) is 7.12. The molecule has 148 valence electrons. The summed E-state index contributed by atoms with van der Waals surface area (Å²) in [6, 6.07) is 9.53. The van der Waals surface area contributed by atoms with Crippen molar-refractivity contribution in [2.24, 2.45) is 0 Å². The van der Waals surface area contributed by atoms with Crippen LogP contribution in [-0.2, 0) is 0 Å². The maximum absolute atomic E-state index is 13.7. The monoisotopic (exact) mass is 401 g/mol. The maximum atomic E-state index is 13.7. The van der Waals surface area contributed by atoms with Gasteiger partial charge in [0.05, 0.1) is 29.2 Å². The number of hydrogen-bond donors (Lipinski definition) is 1. The van der Waals surface area contributed by atoms with Crippen LogP contribution in [0.5, 0.6) is 0 Å². The first-order valence-electron chi connectivity index (χ1n) is 9.46. The van der Waals surface area contributed by atoms with Gasteiger partial charge in [-0.1, -0.05) is 0 Å². The molecule has 0 unspecified atom stereocenters. The van der Waals surface area contributed by atoms with Crippen LogP contribution in [0.1, 0.15) is 12.0 Å². The molecular formula is C21H16FN7O. The minimum absolute atomic E-state index is 0.0141. The van der Waals surface area contributed by atoms with Crippen LogP contribution in [-0.4, -0.2) is 40.1 Å². The molecular weight excluding hydrogens is 385 g/mol. The lowest BCUT2D eigenvalue weighted by Crippen LogP contribution is -2.48. The summed E-state index contributed by atoms with van der Waals surface area (Å²) in [4.78, 5) is 29.8. The van der Waals surface area contributed by atoms with E-state index < -0.39 is 5.82 Å². The summed E-state index contributed by atoms with van der Waals surface area (Å²) in [6.07, 6.45) is 5.35. The molecule has 2 aromatic heterocycles. The van der Waals surface area contributed by atoms with Crippen molar-refractivity contribution in [3.05, 3.63) is 60.3 Å². The Morgan fingerprint density at radius 3 is 2.97 bits per heavy atom. The van der Waals surface area contributed by atoms with Crippen molar-refractivity contribution in [1.29, 1.82) is 5.26 Å². The number of benzene rings is 1. The summed E-state index contributed by atoms with van der Waals surface area (Å²) in [7, 11) is 0. The second kappa shape index (κ2) is 7.08. The number of carbonyl (C=O) groups is 1. The molecule has 0 aliphatic carbocycles. The van der Waals surface area contributed by atoms with Gasteiger partial charge in [-0.05, 0) is 36.8 Å². The highest BCUT2D eigenvalue weighted by atomic mass is 19.1. The molecule has 8 nitrogen and oxygen atoms in total. The number of rotatable bonds is 2. The molecule has 1 atom stereocenters. The molecule has 1 aromatic carbocycles. The molecule has 0 spiro atoms. The number of aromatic nitrogens is 3. The lowest BCUT2D eigenvalue weighted by Gasteiger charge is -2.35. The number of amides is 2. The summed E-state index contributed by atoms with van der Waals surface area (Å²) in [5.74, 6) is 0.316. The van der Waals surface area contributed by atoms with Crippen molar-refractivity contribution in [2.75, 3.05) is 28.2 Å². The van der Waals surface area contributed by atoms with Crippen LogP contribution in [0, 0.1) is 17.1 Å². The molecule has 2 aliphatic rings. The number of fused-ring (bicyclic) bond motifs is 4. The van der Waals surface area contributed by atoms with Gasteiger partial charge in [0.25, 0.3) is 0 Å². The summed E-state index contributed by atoms with van der Waals surface area (Å²) < 4.78 is 13.7. The Morgan fingerprint density at radius 1 is 1.27 bits per heavy atom. The zero-order chi connectivity index (χ0) is 20.7. The second-order valence-corrected chi connectivity index (χ2v) is 7.12. The van der Waals surface area contributed by atoms with E-state index in [9.17, 15) is 9.18 Å². The zero-order valence-corrected chi connectivity index (χ0v) is 15.8. The fourth-order valence-corrected chi connectivity index (χ4v) is 3.94. The van der Waals surface area contributed by atoms with Gasteiger partial charge in [0, 0.05) is 31.0 Å². The van der Waals surface area contributed by atoms with Crippen molar-refractivity contribution in [2.45, 2.75) is 12.5 Å². The standard InChI is InChI=1S/C21H16FN7O/c22-16-2-1-13(9-14(16)10-23)17-3-4-18-20(26-17)29(15-5-8-28(18)12-15)21(30)27-19-11-24-6-7-25-19/h1-4,6-7,9,11,15H,5,8,12H2,(H,25,27,30)/t15-/m0/s1. The summed E-state index contributed by atoms with van der Waals surface area (Å²) in [6.45, 7) is 1.57. The topological polar surface area (TPSA) is 98.0 Å². The van der Waals surface area contributed by atoms with Gasteiger partial charge < -0.3 is 4.90 Å². The van der Waals surface area contributed by atoms with E-state index in [1.807, 2.05) is 18.2 Å². The number of hydrogen-bond acceptors (Lipinski definition) is 6. The first kappa shape index (κ1) is 18.0. The molecule has 2 amide bonds. The number of urea groups is 1. The van der Waals surface area contributed by atoms with Gasteiger partial charge in [-0.25, -0.2) is 19.2 Å². The summed E-state index contributed by atoms with van der Waals surface area (Å²) in [5, 5.41) is 11.9. The molecule has 0 saturated carbocycles. The van der Waals surface area contributed by atoms with Gasteiger partial charge in [0.2, 0.25) is 0 Å². The smallest absolute Gasteiger partial charge is 0.329 e. The van der Waals surface area contributed by atoms with E-state index >= 15 is 0 Å². The number of halogens is 1. The van der Waals surface area contributed by atoms with Crippen LogP contribution in [0.3, 0.4) is 0 Å². The van der Waals surface area contributed by atoms with Gasteiger partial charge in [-0.2, -0.15) is 5.26 Å². The van der Waals surface area contributed by atoms with Gasteiger partial charge in [-0.3, -0.25) is 15.2 Å². The van der Waals surface area contributed by atoms with Crippen molar-refractivity contribution < 1.29 is 9.18 Å². The van der Waals surface area contributed by atoms with Crippen molar-refractivity contribution in [3.63, 3.8) is 0 Å². The average Bonchev–Trinajstić information content (AvgIpc) is 3.19. The van der Waals surface area contributed by atoms with Gasteiger partial charge in [0.15, 0.2) is 11.6 Å². The number of nitriles is 1. The molecule has 1 fully saturated rings. The van der Waals surface area contributed by atoms with Crippen LogP contribution in [0.25, 0.3) is 11.3 Å². The van der Waals surface area contributed by atoms with E-state index in [1.165, 1.54) is 30.7 Å². The molecule has 1 saturated heterocycles. The Hall–Kier alpha value is -4.06. The molecule has 30 heavy (non-hydrogen) atoms. The molecule has 5 rings (SSSR count). The highest BCUT2D eigenvalue weighted by Crippen LogP contribution is 2.40. The predicted molar refractivity (Wildman–Crippen MR) is 108 cm³/mol. The molecule has 2 aliphatic heterocycles. The van der Waals surface area contributed by atoms with Crippen LogP contribution in [0.15, 0.2) is 48.9 Å². The number of anilines is 3. The quantitative estimate of drug-likeness (QED) is 0.708. The molecule has 3 aromatic rings. The van der Waals surface area contributed by atoms with Crippen LogP contribution >= 0.6 is 0 Å². The van der Waals surface area contributed by atoms with E-state index in [0.29, 0.717) is 22.9 Å². The Morgan fingerprint density at radius 2 is 2.17 bits per heavy atom. The summed E-state index contributed by atoms with van der Waals surface area (Å²) in [5.41, 5.74) is 1.99. The van der Waals surface area contributed by atoms with E-state index in [4.69, 9.17) is 10.2 Å². The fourth-order valence-electron chi connectivity index (χ4n) is 3.94. The van der Waals surface area contributed by atoms with Gasteiger partial charge in [-0.15, -0.1) is 0 Å². The Kier molecular flexibility index (Phi) is 4.25. The number of pyridine rings is 1. The third kappa shape index (κ3) is 2.99. The maximum Gasteiger partial charge on any atom is 0.329 e. The first-order chi connectivity index (χ1) is 14.6. The average molecular weight is 401 g/mol. The van der Waals surface area contributed by atoms with Crippen molar-refractivity contribution >= 4 is 23.4 Å². The van der Waals surface area contributed by atoms with Crippen LogP contribution < -0.4 is 15.1 Å². The molecule has 2 bridgehead atoms. The normalized spacial score (nSPS) is 16.7. The van der Waals surface area contributed by atoms with Gasteiger partial charge in [0.1, 0.15) is 11.9 Å². The third-order valence-corrected chi connectivity index (χ3v) is 5.35. The minimum Gasteiger partial charge on any atom is -0.366 e. The zero-order valence-electron chi connectivity index (χ0n) is 15.8. The van der Waals surface area contributed by atoms with Crippen LogP contribution in [0.2, 0.25) is 0 Å². The Balaban J connectivity index is 1.55. The highest BCUT2D eigenvalue weighted by molar-refractivity contribution is 6.04. The SMILES string of the molecule is N#Cc1cc(-c2ccc3c(n2)N(C(=O)Nc2cnccn2)[C@H]2CCN3C2)ccc1F. The van der Waals surface area contributed by atoms with Crippen molar-refractivity contribution in [3.8, 4) is 17.3 Å². The fraction of sp³-hybridized carbons (Fsp3) is 0.190. The lowest BCUT2D eigenvalue weighted by molar-refractivity contribution is 0.254.